The van der Waals surface area contributed by atoms with Crippen LogP contribution in [0.4, 0.5) is 11.5 Å². The molecular formula is C16H22N4O3. The number of piperazine rings is 1. The molecule has 0 aliphatic carbocycles. The molecule has 124 valence electrons. The van der Waals surface area contributed by atoms with Gasteiger partial charge in [-0.1, -0.05) is 6.58 Å². The van der Waals surface area contributed by atoms with Crippen LogP contribution in [-0.2, 0) is 9.53 Å². The van der Waals surface area contributed by atoms with Gasteiger partial charge in [0, 0.05) is 57.5 Å². The first-order chi connectivity index (χ1) is 11.0. The molecule has 2 saturated heterocycles. The number of hydrogen-bond acceptors (Lipinski definition) is 5. The van der Waals surface area contributed by atoms with Gasteiger partial charge in [-0.25, -0.2) is 0 Å². The summed E-state index contributed by atoms with van der Waals surface area (Å²) in [4.78, 5) is 32.3. The standard InChI is InChI=1S/C16H22N4O3/c1-12-11-23-8-7-20(12)14-9-15(17-16(22)10-14)19-5-3-18(4-6-19)13(2)21/h9-10H,1,3-8,11H2,2H3,(H,17,22). The fourth-order valence-corrected chi connectivity index (χ4v) is 3.00. The second kappa shape index (κ2) is 6.45. The Hall–Kier alpha value is -2.28. The largest absolute Gasteiger partial charge is 0.373 e. The van der Waals surface area contributed by atoms with Crippen molar-refractivity contribution >= 4 is 17.4 Å². The molecule has 0 bridgehead atoms. The number of hydrogen-bond donors (Lipinski definition) is 1. The first kappa shape index (κ1) is 15.6. The number of rotatable bonds is 2. The molecule has 0 aromatic carbocycles. The van der Waals surface area contributed by atoms with E-state index in [-0.39, 0.29) is 11.5 Å². The summed E-state index contributed by atoms with van der Waals surface area (Å²) in [6.07, 6.45) is 0. The van der Waals surface area contributed by atoms with Gasteiger partial charge in [0.1, 0.15) is 5.82 Å². The van der Waals surface area contributed by atoms with Gasteiger partial charge in [0.15, 0.2) is 0 Å². The molecule has 2 aliphatic rings. The van der Waals surface area contributed by atoms with Gasteiger partial charge in [-0.15, -0.1) is 0 Å². The highest BCUT2D eigenvalue weighted by atomic mass is 16.5. The summed E-state index contributed by atoms with van der Waals surface area (Å²) in [5.74, 6) is 0.881. The van der Waals surface area contributed by atoms with Crippen molar-refractivity contribution in [1.82, 2.24) is 9.88 Å². The molecule has 1 aromatic rings. The number of H-pyrrole nitrogens is 1. The van der Waals surface area contributed by atoms with E-state index < -0.39 is 0 Å². The Kier molecular flexibility index (Phi) is 4.38. The fraction of sp³-hybridized carbons (Fsp3) is 0.500. The van der Waals surface area contributed by atoms with Crippen molar-refractivity contribution < 1.29 is 9.53 Å². The Morgan fingerprint density at radius 1 is 1.22 bits per heavy atom. The number of pyridine rings is 1. The van der Waals surface area contributed by atoms with E-state index in [0.717, 1.165) is 17.2 Å². The maximum atomic E-state index is 12.0. The Balaban J connectivity index is 1.80. The number of aromatic nitrogens is 1. The fourth-order valence-electron chi connectivity index (χ4n) is 3.00. The molecule has 1 amide bonds. The van der Waals surface area contributed by atoms with E-state index in [0.29, 0.717) is 45.9 Å². The molecule has 1 N–H and O–H groups in total. The van der Waals surface area contributed by atoms with E-state index in [4.69, 9.17) is 4.74 Å². The molecule has 1 aromatic heterocycles. The molecule has 2 aliphatic heterocycles. The Bertz CT molecular complexity index is 662. The van der Waals surface area contributed by atoms with Gasteiger partial charge < -0.3 is 24.4 Å². The van der Waals surface area contributed by atoms with E-state index in [9.17, 15) is 9.59 Å². The number of nitrogens with one attached hydrogen (secondary N) is 1. The topological polar surface area (TPSA) is 68.9 Å². The van der Waals surface area contributed by atoms with Crippen LogP contribution < -0.4 is 15.4 Å². The third-order valence-electron chi connectivity index (χ3n) is 4.30. The molecule has 0 spiro atoms. The molecular weight excluding hydrogens is 296 g/mol. The van der Waals surface area contributed by atoms with Crippen molar-refractivity contribution in [2.45, 2.75) is 6.92 Å². The summed E-state index contributed by atoms with van der Waals surface area (Å²) in [5, 5.41) is 0. The quantitative estimate of drug-likeness (QED) is 0.854. The smallest absolute Gasteiger partial charge is 0.251 e. The molecule has 0 saturated carbocycles. The van der Waals surface area contributed by atoms with E-state index in [1.54, 1.807) is 13.0 Å². The monoisotopic (exact) mass is 318 g/mol. The maximum absolute atomic E-state index is 12.0. The van der Waals surface area contributed by atoms with Crippen molar-refractivity contribution in [3.05, 3.63) is 34.8 Å². The summed E-state index contributed by atoms with van der Waals surface area (Å²) in [5.41, 5.74) is 1.56. The van der Waals surface area contributed by atoms with Crippen LogP contribution in [0.5, 0.6) is 0 Å². The Morgan fingerprint density at radius 2 is 1.96 bits per heavy atom. The summed E-state index contributed by atoms with van der Waals surface area (Å²) < 4.78 is 5.37. The van der Waals surface area contributed by atoms with Gasteiger partial charge in [0.2, 0.25) is 5.91 Å². The van der Waals surface area contributed by atoms with Gasteiger partial charge in [-0.2, -0.15) is 0 Å². The lowest BCUT2D eigenvalue weighted by atomic mass is 10.2. The third-order valence-corrected chi connectivity index (χ3v) is 4.30. The average molecular weight is 318 g/mol. The first-order valence-corrected chi connectivity index (χ1v) is 7.82. The van der Waals surface area contributed by atoms with Crippen LogP contribution in [-0.4, -0.2) is 61.7 Å². The summed E-state index contributed by atoms with van der Waals surface area (Å²) in [6.45, 7) is 10.2. The molecule has 23 heavy (non-hydrogen) atoms. The van der Waals surface area contributed by atoms with Gasteiger partial charge >= 0.3 is 0 Å². The molecule has 7 nitrogen and oxygen atoms in total. The van der Waals surface area contributed by atoms with Crippen LogP contribution in [0, 0.1) is 0 Å². The van der Waals surface area contributed by atoms with Gasteiger partial charge in [-0.05, 0) is 0 Å². The molecule has 2 fully saturated rings. The van der Waals surface area contributed by atoms with Crippen molar-refractivity contribution in [3.63, 3.8) is 0 Å². The number of ether oxygens (including phenoxy) is 1. The van der Waals surface area contributed by atoms with E-state index in [1.165, 1.54) is 0 Å². The number of carbonyl (C=O) groups excluding carboxylic acids is 1. The predicted octanol–water partition coefficient (Wildman–Crippen LogP) is 0.394. The van der Waals surface area contributed by atoms with E-state index >= 15 is 0 Å². The second-order valence-corrected chi connectivity index (χ2v) is 5.85. The number of amides is 1. The van der Waals surface area contributed by atoms with Crippen LogP contribution in [0.2, 0.25) is 0 Å². The zero-order valence-electron chi connectivity index (χ0n) is 13.4. The molecule has 3 rings (SSSR count). The van der Waals surface area contributed by atoms with Crippen molar-refractivity contribution in [2.75, 3.05) is 55.7 Å². The minimum atomic E-state index is -0.134. The highest BCUT2D eigenvalue weighted by molar-refractivity contribution is 5.73. The SMILES string of the molecule is C=C1COCCN1c1cc(N2CCN(C(C)=O)CC2)[nH]c(=O)c1. The van der Waals surface area contributed by atoms with Crippen molar-refractivity contribution in [2.24, 2.45) is 0 Å². The number of aromatic amines is 1. The molecule has 0 unspecified atom stereocenters. The predicted molar refractivity (Wildman–Crippen MR) is 88.8 cm³/mol. The minimum absolute atomic E-state index is 0.0940. The lowest BCUT2D eigenvalue weighted by Crippen LogP contribution is -2.48. The van der Waals surface area contributed by atoms with Crippen LogP contribution >= 0.6 is 0 Å². The average Bonchev–Trinajstić information content (AvgIpc) is 2.55. The first-order valence-electron chi connectivity index (χ1n) is 7.82. The van der Waals surface area contributed by atoms with E-state index in [1.807, 2.05) is 15.9 Å². The number of morpholine rings is 1. The van der Waals surface area contributed by atoms with Crippen LogP contribution in [0.25, 0.3) is 0 Å². The second-order valence-electron chi connectivity index (χ2n) is 5.85. The molecule has 0 radical (unpaired) electrons. The van der Waals surface area contributed by atoms with Crippen molar-refractivity contribution in [3.8, 4) is 0 Å². The Labute approximate surface area is 135 Å². The number of carbonyl (C=O) groups is 1. The molecule has 7 heteroatoms. The summed E-state index contributed by atoms with van der Waals surface area (Å²) in [6, 6.07) is 3.56. The van der Waals surface area contributed by atoms with Crippen LogP contribution in [0.1, 0.15) is 6.92 Å². The zero-order chi connectivity index (χ0) is 16.4. The summed E-state index contributed by atoms with van der Waals surface area (Å²) >= 11 is 0. The normalized spacial score (nSPS) is 19.2. The van der Waals surface area contributed by atoms with E-state index in [2.05, 4.69) is 16.5 Å². The molecule has 0 atom stereocenters. The Morgan fingerprint density at radius 3 is 2.61 bits per heavy atom. The number of anilines is 2. The van der Waals surface area contributed by atoms with Crippen molar-refractivity contribution in [1.29, 1.82) is 0 Å². The summed E-state index contributed by atoms with van der Waals surface area (Å²) in [7, 11) is 0. The highest BCUT2D eigenvalue weighted by Crippen LogP contribution is 2.23. The van der Waals surface area contributed by atoms with Crippen LogP contribution in [0.15, 0.2) is 29.2 Å². The zero-order valence-corrected chi connectivity index (χ0v) is 13.4. The minimum Gasteiger partial charge on any atom is -0.373 e. The molecule has 3 heterocycles. The van der Waals surface area contributed by atoms with Gasteiger partial charge in [-0.3, -0.25) is 9.59 Å². The lowest BCUT2D eigenvalue weighted by Gasteiger charge is -2.36. The van der Waals surface area contributed by atoms with Crippen LogP contribution in [0.3, 0.4) is 0 Å². The van der Waals surface area contributed by atoms with Gasteiger partial charge in [0.05, 0.1) is 18.9 Å². The van der Waals surface area contributed by atoms with Gasteiger partial charge in [0.25, 0.3) is 5.56 Å². The third kappa shape index (κ3) is 3.39. The highest BCUT2D eigenvalue weighted by Gasteiger charge is 2.21. The number of nitrogens with zero attached hydrogens (tertiary/aromatic N) is 3. The maximum Gasteiger partial charge on any atom is 0.251 e. The lowest BCUT2D eigenvalue weighted by molar-refractivity contribution is -0.129.